The van der Waals surface area contributed by atoms with Crippen molar-refractivity contribution in [1.82, 2.24) is 4.90 Å². The summed E-state index contributed by atoms with van der Waals surface area (Å²) in [5.74, 6) is -5.69. The number of hydrogen-bond acceptors (Lipinski definition) is 2. The molecule has 4 nitrogen and oxygen atoms in total. The van der Waals surface area contributed by atoms with Crippen molar-refractivity contribution in [2.75, 3.05) is 6.54 Å². The number of carbonyl (C=O) groups is 2. The average molecular weight is 301 g/mol. The van der Waals surface area contributed by atoms with Gasteiger partial charge in [-0.25, -0.2) is 13.2 Å². The minimum Gasteiger partial charge on any atom is -0.481 e. The van der Waals surface area contributed by atoms with Crippen LogP contribution in [-0.4, -0.2) is 34.5 Å². The zero-order valence-electron chi connectivity index (χ0n) is 11.1. The van der Waals surface area contributed by atoms with Crippen molar-refractivity contribution in [3.05, 3.63) is 35.1 Å². The zero-order chi connectivity index (χ0) is 15.6. The maximum Gasteiger partial charge on any atom is 0.305 e. The summed E-state index contributed by atoms with van der Waals surface area (Å²) in [5, 5.41) is 8.85. The zero-order valence-corrected chi connectivity index (χ0v) is 11.1. The lowest BCUT2D eigenvalue weighted by atomic mass is 9.98. The second-order valence-electron chi connectivity index (χ2n) is 4.99. The second kappa shape index (κ2) is 6.15. The minimum absolute atomic E-state index is 0.229. The van der Waals surface area contributed by atoms with E-state index in [9.17, 15) is 22.8 Å². The van der Waals surface area contributed by atoms with E-state index >= 15 is 0 Å². The lowest BCUT2D eigenvalue weighted by molar-refractivity contribution is -0.138. The molecule has 1 amide bonds. The summed E-state index contributed by atoms with van der Waals surface area (Å²) < 4.78 is 40.2. The van der Waals surface area contributed by atoms with Gasteiger partial charge in [-0.05, 0) is 19.3 Å². The number of likely N-dealkylation sites (tertiary alicyclic amines) is 1. The van der Waals surface area contributed by atoms with Gasteiger partial charge in [0, 0.05) is 24.7 Å². The van der Waals surface area contributed by atoms with E-state index in [1.807, 2.05) is 0 Å². The van der Waals surface area contributed by atoms with E-state index in [4.69, 9.17) is 5.11 Å². The average Bonchev–Trinajstić information content (AvgIpc) is 2.37. The Morgan fingerprint density at radius 2 is 1.81 bits per heavy atom. The lowest BCUT2D eigenvalue weighted by Gasteiger charge is -2.35. The van der Waals surface area contributed by atoms with Crippen molar-refractivity contribution in [3.63, 3.8) is 0 Å². The van der Waals surface area contributed by atoms with E-state index in [1.54, 1.807) is 0 Å². The maximum atomic E-state index is 13.7. The quantitative estimate of drug-likeness (QED) is 0.933. The van der Waals surface area contributed by atoms with Crippen molar-refractivity contribution in [3.8, 4) is 0 Å². The fourth-order valence-electron chi connectivity index (χ4n) is 2.57. The molecule has 1 heterocycles. The summed E-state index contributed by atoms with van der Waals surface area (Å²) in [6.07, 6.45) is 1.56. The van der Waals surface area contributed by atoms with Crippen LogP contribution in [0.2, 0.25) is 0 Å². The van der Waals surface area contributed by atoms with Gasteiger partial charge in [-0.1, -0.05) is 0 Å². The lowest BCUT2D eigenvalue weighted by Crippen LogP contribution is -2.45. The Labute approximate surface area is 119 Å². The molecular weight excluding hydrogens is 287 g/mol. The third-order valence-electron chi connectivity index (χ3n) is 3.52. The highest BCUT2D eigenvalue weighted by Gasteiger charge is 2.32. The molecule has 0 aliphatic carbocycles. The highest BCUT2D eigenvalue weighted by Crippen LogP contribution is 2.24. The standard InChI is InChI=1S/C14H14F3NO3/c15-8-5-10(16)13(11(17)6-8)14(21)18-4-2-1-3-9(18)7-12(19)20/h5-6,9H,1-4,7H2,(H,19,20). The van der Waals surface area contributed by atoms with Gasteiger partial charge in [-0.15, -0.1) is 0 Å². The number of aliphatic carboxylic acids is 1. The molecule has 0 bridgehead atoms. The first-order valence-electron chi connectivity index (χ1n) is 6.57. The highest BCUT2D eigenvalue weighted by molar-refractivity contribution is 5.95. The fraction of sp³-hybridized carbons (Fsp3) is 0.429. The van der Waals surface area contributed by atoms with Crippen molar-refractivity contribution in [2.24, 2.45) is 0 Å². The summed E-state index contributed by atoms with van der Waals surface area (Å²) in [4.78, 5) is 24.3. The number of piperidine rings is 1. The van der Waals surface area contributed by atoms with Crippen LogP contribution >= 0.6 is 0 Å². The molecule has 1 aromatic rings. The van der Waals surface area contributed by atoms with Crippen molar-refractivity contribution >= 4 is 11.9 Å². The molecule has 1 N–H and O–H groups in total. The van der Waals surface area contributed by atoms with Crippen LogP contribution in [0.4, 0.5) is 13.2 Å². The van der Waals surface area contributed by atoms with E-state index in [2.05, 4.69) is 0 Å². The largest absolute Gasteiger partial charge is 0.481 e. The molecule has 1 atom stereocenters. The van der Waals surface area contributed by atoms with E-state index in [0.29, 0.717) is 25.0 Å². The first-order valence-corrected chi connectivity index (χ1v) is 6.57. The van der Waals surface area contributed by atoms with Crippen molar-refractivity contribution in [2.45, 2.75) is 31.7 Å². The van der Waals surface area contributed by atoms with Crippen LogP contribution in [0.1, 0.15) is 36.0 Å². The maximum absolute atomic E-state index is 13.7. The van der Waals surface area contributed by atoms with Gasteiger partial charge in [-0.2, -0.15) is 0 Å². The number of carbonyl (C=O) groups excluding carboxylic acids is 1. The van der Waals surface area contributed by atoms with Gasteiger partial charge in [0.15, 0.2) is 0 Å². The van der Waals surface area contributed by atoms with Crippen LogP contribution in [-0.2, 0) is 4.79 Å². The first-order chi connectivity index (χ1) is 9.90. The van der Waals surface area contributed by atoms with Crippen LogP contribution in [0.3, 0.4) is 0 Å². The predicted octanol–water partition coefficient (Wildman–Crippen LogP) is 2.57. The molecule has 1 saturated heterocycles. The second-order valence-corrected chi connectivity index (χ2v) is 4.99. The van der Waals surface area contributed by atoms with E-state index < -0.39 is 40.9 Å². The van der Waals surface area contributed by atoms with Gasteiger partial charge >= 0.3 is 5.97 Å². The molecular formula is C14H14F3NO3. The molecule has 0 aromatic heterocycles. The smallest absolute Gasteiger partial charge is 0.305 e. The molecule has 0 spiro atoms. The number of nitrogens with zero attached hydrogens (tertiary/aromatic N) is 1. The Balaban J connectivity index is 2.31. The molecule has 114 valence electrons. The Kier molecular flexibility index (Phi) is 4.50. The van der Waals surface area contributed by atoms with Crippen molar-refractivity contribution in [1.29, 1.82) is 0 Å². The monoisotopic (exact) mass is 301 g/mol. The number of carboxylic acids is 1. The van der Waals surface area contributed by atoms with Gasteiger partial charge in [0.2, 0.25) is 0 Å². The Bertz CT molecular complexity index is 554. The SMILES string of the molecule is O=C(O)CC1CCCCN1C(=O)c1c(F)cc(F)cc1F. The van der Waals surface area contributed by atoms with Crippen LogP contribution in [0.25, 0.3) is 0 Å². The summed E-state index contributed by atoms with van der Waals surface area (Å²) in [5.41, 5.74) is -0.839. The van der Waals surface area contributed by atoms with Crippen LogP contribution < -0.4 is 0 Å². The number of amides is 1. The molecule has 21 heavy (non-hydrogen) atoms. The fourth-order valence-corrected chi connectivity index (χ4v) is 2.57. The predicted molar refractivity (Wildman–Crippen MR) is 67.2 cm³/mol. The molecule has 7 heteroatoms. The third-order valence-corrected chi connectivity index (χ3v) is 3.52. The first kappa shape index (κ1) is 15.3. The topological polar surface area (TPSA) is 57.6 Å². The highest BCUT2D eigenvalue weighted by atomic mass is 19.1. The normalized spacial score (nSPS) is 18.6. The summed E-state index contributed by atoms with van der Waals surface area (Å²) in [7, 11) is 0. The van der Waals surface area contributed by atoms with E-state index in [1.165, 1.54) is 0 Å². The molecule has 1 aliphatic rings. The Morgan fingerprint density at radius 1 is 1.19 bits per heavy atom. The molecule has 0 radical (unpaired) electrons. The Morgan fingerprint density at radius 3 is 2.38 bits per heavy atom. The molecule has 1 aromatic carbocycles. The van der Waals surface area contributed by atoms with Crippen molar-refractivity contribution < 1.29 is 27.9 Å². The Hall–Kier alpha value is -2.05. The molecule has 1 fully saturated rings. The van der Waals surface area contributed by atoms with Crippen LogP contribution in [0.15, 0.2) is 12.1 Å². The molecule has 1 unspecified atom stereocenters. The number of carboxylic acid groups (broad SMARTS) is 1. The summed E-state index contributed by atoms with van der Waals surface area (Å²) >= 11 is 0. The number of halogens is 3. The van der Waals surface area contributed by atoms with Crippen LogP contribution in [0, 0.1) is 17.5 Å². The molecule has 1 aliphatic heterocycles. The van der Waals surface area contributed by atoms with Gasteiger partial charge in [0.05, 0.1) is 6.42 Å². The van der Waals surface area contributed by atoms with Gasteiger partial charge in [-0.3, -0.25) is 9.59 Å². The van der Waals surface area contributed by atoms with Gasteiger partial charge < -0.3 is 10.0 Å². The molecule has 0 saturated carbocycles. The third kappa shape index (κ3) is 3.34. The van der Waals surface area contributed by atoms with Crippen LogP contribution in [0.5, 0.6) is 0 Å². The van der Waals surface area contributed by atoms with Gasteiger partial charge in [0.25, 0.3) is 5.91 Å². The number of benzene rings is 1. The minimum atomic E-state index is -1.28. The molecule has 2 rings (SSSR count). The van der Waals surface area contributed by atoms with Gasteiger partial charge in [0.1, 0.15) is 23.0 Å². The van der Waals surface area contributed by atoms with E-state index in [0.717, 1.165) is 11.3 Å². The number of hydrogen-bond donors (Lipinski definition) is 1. The van der Waals surface area contributed by atoms with E-state index in [-0.39, 0.29) is 13.0 Å². The summed E-state index contributed by atoms with van der Waals surface area (Å²) in [6, 6.07) is 0.270. The number of rotatable bonds is 3. The summed E-state index contributed by atoms with van der Waals surface area (Å²) in [6.45, 7) is 0.229.